The van der Waals surface area contributed by atoms with Gasteiger partial charge in [-0.05, 0) is 40.7 Å². The highest BCUT2D eigenvalue weighted by Gasteiger charge is 2.63. The maximum absolute atomic E-state index is 13.4. The van der Waals surface area contributed by atoms with E-state index in [4.69, 9.17) is 19.9 Å². The molecule has 1 atom stereocenters. The molecule has 0 radical (unpaired) electrons. The van der Waals surface area contributed by atoms with Crippen molar-refractivity contribution in [2.45, 2.75) is 45.6 Å². The fourth-order valence-electron chi connectivity index (χ4n) is 3.90. The molecule has 0 bridgehead atoms. The topological polar surface area (TPSA) is 108 Å². The second-order valence-corrected chi connectivity index (χ2v) is 8.13. The van der Waals surface area contributed by atoms with Crippen molar-refractivity contribution in [3.05, 3.63) is 52.6 Å². The predicted molar refractivity (Wildman–Crippen MR) is 109 cm³/mol. The zero-order chi connectivity index (χ0) is 22.4. The first-order valence-corrected chi connectivity index (χ1v) is 9.64. The van der Waals surface area contributed by atoms with Crippen LogP contribution in [-0.2, 0) is 34.0 Å². The van der Waals surface area contributed by atoms with Gasteiger partial charge < -0.3 is 24.8 Å². The van der Waals surface area contributed by atoms with Crippen LogP contribution in [-0.4, -0.2) is 37.2 Å². The number of hydrogen-bond acceptors (Lipinski definition) is 8. The number of allylic oxidation sites excluding steroid dienone is 1. The quantitative estimate of drug-likeness (QED) is 0.593. The number of anilines is 1. The van der Waals surface area contributed by atoms with Gasteiger partial charge in [0.1, 0.15) is 28.3 Å². The highest BCUT2D eigenvalue weighted by atomic mass is 16.6. The van der Waals surface area contributed by atoms with Crippen molar-refractivity contribution in [2.24, 2.45) is 5.73 Å². The Morgan fingerprint density at radius 2 is 1.80 bits per heavy atom. The van der Waals surface area contributed by atoms with E-state index in [9.17, 15) is 14.4 Å². The number of para-hydroxylation sites is 1. The third-order valence-electron chi connectivity index (χ3n) is 5.02. The van der Waals surface area contributed by atoms with Crippen LogP contribution < -0.4 is 10.6 Å². The molecular weight excluding hydrogens is 388 g/mol. The SMILES string of the molecule is CCOC(=O)C1=C(N)N(C)c2ccccc2C12C(=O)OC(C)=C2C(=O)OC(C)(C)C. The predicted octanol–water partition coefficient (Wildman–Crippen LogP) is 2.28. The van der Waals surface area contributed by atoms with Gasteiger partial charge in [-0.2, -0.15) is 0 Å². The number of carbonyl (C=O) groups excluding carboxylic acids is 3. The van der Waals surface area contributed by atoms with E-state index in [1.54, 1.807) is 63.9 Å². The Kier molecular flexibility index (Phi) is 5.14. The van der Waals surface area contributed by atoms with Crippen molar-refractivity contribution in [1.29, 1.82) is 0 Å². The molecule has 0 amide bonds. The maximum atomic E-state index is 13.4. The third kappa shape index (κ3) is 3.03. The van der Waals surface area contributed by atoms with Crippen LogP contribution in [0.2, 0.25) is 0 Å². The van der Waals surface area contributed by atoms with Gasteiger partial charge in [-0.3, -0.25) is 0 Å². The normalized spacial score (nSPS) is 21.0. The van der Waals surface area contributed by atoms with E-state index in [0.717, 1.165) is 0 Å². The molecule has 30 heavy (non-hydrogen) atoms. The van der Waals surface area contributed by atoms with Gasteiger partial charge in [-0.1, -0.05) is 18.2 Å². The summed E-state index contributed by atoms with van der Waals surface area (Å²) in [4.78, 5) is 41.3. The summed E-state index contributed by atoms with van der Waals surface area (Å²) in [5, 5.41) is 0. The summed E-state index contributed by atoms with van der Waals surface area (Å²) < 4.78 is 16.2. The van der Waals surface area contributed by atoms with E-state index in [2.05, 4.69) is 0 Å². The molecule has 2 aliphatic heterocycles. The molecule has 8 heteroatoms. The zero-order valence-electron chi connectivity index (χ0n) is 18.0. The van der Waals surface area contributed by atoms with Crippen molar-refractivity contribution in [2.75, 3.05) is 18.6 Å². The lowest BCUT2D eigenvalue weighted by Crippen LogP contribution is -2.50. The molecule has 0 fully saturated rings. The number of hydrogen-bond donors (Lipinski definition) is 1. The van der Waals surface area contributed by atoms with Crippen LogP contribution in [0.3, 0.4) is 0 Å². The standard InChI is InChI=1S/C22H26N2O6/c1-7-28-18(25)16-17(23)24(6)14-11-9-8-10-13(14)22(16)15(12(2)29-20(22)27)19(26)30-21(3,4)5/h8-11H,7,23H2,1-6H3. The molecule has 1 unspecified atom stereocenters. The molecule has 1 spiro atoms. The van der Waals surface area contributed by atoms with Crippen LogP contribution in [0.25, 0.3) is 0 Å². The summed E-state index contributed by atoms with van der Waals surface area (Å²) in [6.07, 6.45) is 0. The second kappa shape index (κ2) is 7.19. The molecule has 160 valence electrons. The Bertz CT molecular complexity index is 1000. The lowest BCUT2D eigenvalue weighted by atomic mass is 9.66. The average molecular weight is 414 g/mol. The minimum absolute atomic E-state index is 0.000131. The number of esters is 3. The van der Waals surface area contributed by atoms with Gasteiger partial charge >= 0.3 is 17.9 Å². The molecule has 0 aliphatic carbocycles. The monoisotopic (exact) mass is 414 g/mol. The molecule has 2 heterocycles. The Balaban J connectivity index is 2.39. The number of rotatable bonds is 3. The summed E-state index contributed by atoms with van der Waals surface area (Å²) in [5.41, 5.74) is 4.35. The van der Waals surface area contributed by atoms with Crippen LogP contribution in [0.4, 0.5) is 5.69 Å². The van der Waals surface area contributed by atoms with E-state index in [1.165, 1.54) is 6.92 Å². The Morgan fingerprint density at radius 3 is 2.40 bits per heavy atom. The summed E-state index contributed by atoms with van der Waals surface area (Å²) in [6, 6.07) is 6.91. The zero-order valence-corrected chi connectivity index (χ0v) is 18.0. The highest BCUT2D eigenvalue weighted by Crippen LogP contribution is 2.53. The minimum Gasteiger partial charge on any atom is -0.462 e. The van der Waals surface area contributed by atoms with Crippen LogP contribution in [0.5, 0.6) is 0 Å². The number of carbonyl (C=O) groups is 3. The summed E-state index contributed by atoms with van der Waals surface area (Å²) in [6.45, 7) is 8.34. The van der Waals surface area contributed by atoms with Crippen molar-refractivity contribution in [1.82, 2.24) is 0 Å². The van der Waals surface area contributed by atoms with Gasteiger partial charge in [-0.15, -0.1) is 0 Å². The molecule has 0 saturated carbocycles. The van der Waals surface area contributed by atoms with Crippen LogP contribution >= 0.6 is 0 Å². The average Bonchev–Trinajstić information content (AvgIpc) is 2.89. The lowest BCUT2D eigenvalue weighted by molar-refractivity contribution is -0.152. The molecule has 3 rings (SSSR count). The van der Waals surface area contributed by atoms with E-state index in [1.807, 2.05) is 0 Å². The van der Waals surface area contributed by atoms with Gasteiger partial charge in [0.25, 0.3) is 0 Å². The Labute approximate surface area is 175 Å². The van der Waals surface area contributed by atoms with Crippen molar-refractivity contribution >= 4 is 23.6 Å². The first-order chi connectivity index (χ1) is 14.0. The largest absolute Gasteiger partial charge is 0.462 e. The number of nitrogens with two attached hydrogens (primary N) is 1. The summed E-state index contributed by atoms with van der Waals surface area (Å²) >= 11 is 0. The molecule has 0 aromatic heterocycles. The van der Waals surface area contributed by atoms with Crippen molar-refractivity contribution in [3.63, 3.8) is 0 Å². The van der Waals surface area contributed by atoms with Gasteiger partial charge in [0, 0.05) is 18.3 Å². The van der Waals surface area contributed by atoms with E-state index >= 15 is 0 Å². The Hall–Kier alpha value is -3.29. The van der Waals surface area contributed by atoms with Gasteiger partial charge in [0.15, 0.2) is 5.41 Å². The third-order valence-corrected chi connectivity index (χ3v) is 5.02. The van der Waals surface area contributed by atoms with Gasteiger partial charge in [-0.25, -0.2) is 14.4 Å². The number of ether oxygens (including phenoxy) is 3. The highest BCUT2D eigenvalue weighted by molar-refractivity contribution is 6.16. The Morgan fingerprint density at radius 1 is 1.17 bits per heavy atom. The minimum atomic E-state index is -1.88. The summed E-state index contributed by atoms with van der Waals surface area (Å²) in [5.74, 6) is -2.31. The second-order valence-electron chi connectivity index (χ2n) is 8.13. The first kappa shape index (κ1) is 21.4. The number of nitrogens with zero attached hydrogens (tertiary/aromatic N) is 1. The van der Waals surface area contributed by atoms with Gasteiger partial charge in [0.2, 0.25) is 0 Å². The number of fused-ring (bicyclic) bond motifs is 2. The number of cyclic esters (lactones) is 1. The molecule has 1 aromatic carbocycles. The van der Waals surface area contributed by atoms with E-state index < -0.39 is 28.9 Å². The lowest BCUT2D eigenvalue weighted by Gasteiger charge is -2.40. The van der Waals surface area contributed by atoms with Crippen molar-refractivity contribution < 1.29 is 28.6 Å². The molecule has 8 nitrogen and oxygen atoms in total. The molecular formula is C22H26N2O6. The molecule has 1 aromatic rings. The van der Waals surface area contributed by atoms with Gasteiger partial charge in [0.05, 0.1) is 6.61 Å². The van der Waals surface area contributed by atoms with Crippen molar-refractivity contribution in [3.8, 4) is 0 Å². The molecule has 2 N–H and O–H groups in total. The molecule has 0 saturated heterocycles. The van der Waals surface area contributed by atoms with Crippen LogP contribution in [0.1, 0.15) is 40.2 Å². The van der Waals surface area contributed by atoms with Crippen LogP contribution in [0, 0.1) is 0 Å². The molecule has 2 aliphatic rings. The summed E-state index contributed by atoms with van der Waals surface area (Å²) in [7, 11) is 1.67. The first-order valence-electron chi connectivity index (χ1n) is 9.64. The van der Waals surface area contributed by atoms with Crippen LogP contribution in [0.15, 0.2) is 47.0 Å². The fourth-order valence-corrected chi connectivity index (χ4v) is 3.90. The smallest absolute Gasteiger partial charge is 0.339 e. The number of benzene rings is 1. The van der Waals surface area contributed by atoms with E-state index in [0.29, 0.717) is 11.3 Å². The van der Waals surface area contributed by atoms with E-state index in [-0.39, 0.29) is 29.3 Å². The maximum Gasteiger partial charge on any atom is 0.339 e. The fraction of sp³-hybridized carbons (Fsp3) is 0.409.